The van der Waals surface area contributed by atoms with Gasteiger partial charge in [-0.3, -0.25) is 14.6 Å². The van der Waals surface area contributed by atoms with Crippen molar-refractivity contribution in [2.75, 3.05) is 0 Å². The standard InChI is InChI=1S/C23H21N3O3S/c1-26-18-6-3-2-5-16(18)22(28)21(23(26)29)19(27)13-17(20-7-4-12-30-20)25-14-15-8-10-24-11-9-15/h2-12,17,25,28H,13-14H2,1H3/t17-/m0/s1. The maximum atomic E-state index is 13.2. The maximum absolute atomic E-state index is 13.2. The number of pyridine rings is 2. The lowest BCUT2D eigenvalue weighted by Crippen LogP contribution is -2.28. The minimum atomic E-state index is -0.490. The van der Waals surface area contributed by atoms with Crippen LogP contribution < -0.4 is 10.9 Å². The zero-order chi connectivity index (χ0) is 21.1. The number of benzene rings is 1. The van der Waals surface area contributed by atoms with E-state index in [4.69, 9.17) is 0 Å². The summed E-state index contributed by atoms with van der Waals surface area (Å²) in [6.07, 6.45) is 3.50. The maximum Gasteiger partial charge on any atom is 0.265 e. The van der Waals surface area contributed by atoms with Crippen LogP contribution >= 0.6 is 11.3 Å². The molecule has 3 aromatic heterocycles. The molecule has 1 aromatic carbocycles. The number of carbonyl (C=O) groups is 1. The van der Waals surface area contributed by atoms with Crippen LogP contribution in [0.1, 0.15) is 33.3 Å². The summed E-state index contributed by atoms with van der Waals surface area (Å²) in [6, 6.07) is 14.4. The molecule has 7 heteroatoms. The summed E-state index contributed by atoms with van der Waals surface area (Å²) >= 11 is 1.54. The Kier molecular flexibility index (Phi) is 5.74. The third-order valence-electron chi connectivity index (χ3n) is 5.13. The van der Waals surface area contributed by atoms with E-state index in [1.807, 2.05) is 29.6 Å². The van der Waals surface area contributed by atoms with Crippen molar-refractivity contribution in [1.82, 2.24) is 14.9 Å². The van der Waals surface area contributed by atoms with Crippen molar-refractivity contribution in [1.29, 1.82) is 0 Å². The lowest BCUT2D eigenvalue weighted by atomic mass is 10.0. The number of carbonyl (C=O) groups excluding carboxylic acids is 1. The molecule has 0 amide bonds. The van der Waals surface area contributed by atoms with Crippen molar-refractivity contribution in [2.24, 2.45) is 7.05 Å². The number of ketones is 1. The molecule has 0 unspecified atom stereocenters. The molecule has 30 heavy (non-hydrogen) atoms. The molecule has 6 nitrogen and oxygen atoms in total. The van der Waals surface area contributed by atoms with Crippen molar-refractivity contribution in [3.63, 3.8) is 0 Å². The Morgan fingerprint density at radius 3 is 2.67 bits per heavy atom. The quantitative estimate of drug-likeness (QED) is 0.445. The van der Waals surface area contributed by atoms with Crippen LogP contribution in [0.5, 0.6) is 5.75 Å². The first-order valence-corrected chi connectivity index (χ1v) is 10.4. The van der Waals surface area contributed by atoms with E-state index >= 15 is 0 Å². The van der Waals surface area contributed by atoms with Gasteiger partial charge in [-0.2, -0.15) is 0 Å². The van der Waals surface area contributed by atoms with E-state index in [0.717, 1.165) is 10.4 Å². The number of thiophene rings is 1. The molecular weight excluding hydrogens is 398 g/mol. The van der Waals surface area contributed by atoms with Crippen molar-refractivity contribution in [2.45, 2.75) is 19.0 Å². The number of nitrogens with zero attached hydrogens (tertiary/aromatic N) is 2. The van der Waals surface area contributed by atoms with Crippen molar-refractivity contribution in [3.05, 3.63) is 92.7 Å². The van der Waals surface area contributed by atoms with Crippen molar-refractivity contribution < 1.29 is 9.90 Å². The van der Waals surface area contributed by atoms with Crippen molar-refractivity contribution in [3.8, 4) is 5.75 Å². The molecule has 1 atom stereocenters. The second-order valence-corrected chi connectivity index (χ2v) is 8.02. The second kappa shape index (κ2) is 8.61. The first kappa shape index (κ1) is 20.0. The fourth-order valence-electron chi connectivity index (χ4n) is 3.52. The van der Waals surface area contributed by atoms with E-state index in [1.54, 1.807) is 55.0 Å². The first-order chi connectivity index (χ1) is 14.6. The zero-order valence-corrected chi connectivity index (χ0v) is 17.2. The van der Waals surface area contributed by atoms with Crippen LogP contribution in [0.4, 0.5) is 0 Å². The van der Waals surface area contributed by atoms with Gasteiger partial charge in [0.05, 0.1) is 5.52 Å². The van der Waals surface area contributed by atoms with Gasteiger partial charge in [0, 0.05) is 48.7 Å². The Hall–Kier alpha value is -3.29. The van der Waals surface area contributed by atoms with Crippen LogP contribution in [0.3, 0.4) is 0 Å². The van der Waals surface area contributed by atoms with Crippen LogP contribution in [-0.4, -0.2) is 20.4 Å². The molecule has 152 valence electrons. The van der Waals surface area contributed by atoms with Crippen LogP contribution in [0.25, 0.3) is 10.9 Å². The molecule has 0 spiro atoms. The first-order valence-electron chi connectivity index (χ1n) is 9.56. The Bertz CT molecular complexity index is 1230. The summed E-state index contributed by atoms with van der Waals surface area (Å²) in [6.45, 7) is 0.556. The van der Waals surface area contributed by atoms with Gasteiger partial charge in [-0.25, -0.2) is 0 Å². The summed E-state index contributed by atoms with van der Waals surface area (Å²) in [5, 5.41) is 16.6. The van der Waals surface area contributed by atoms with E-state index < -0.39 is 5.56 Å². The predicted octanol–water partition coefficient (Wildman–Crippen LogP) is 3.80. The molecule has 0 saturated carbocycles. The van der Waals surface area contributed by atoms with Gasteiger partial charge in [-0.1, -0.05) is 18.2 Å². The van der Waals surface area contributed by atoms with Gasteiger partial charge < -0.3 is 15.0 Å². The Labute approximate surface area is 177 Å². The lowest BCUT2D eigenvalue weighted by Gasteiger charge is -2.18. The van der Waals surface area contributed by atoms with Crippen LogP contribution in [0.2, 0.25) is 0 Å². The Morgan fingerprint density at radius 1 is 1.17 bits per heavy atom. The number of para-hydroxylation sites is 1. The molecule has 0 fully saturated rings. The normalized spacial score (nSPS) is 12.2. The van der Waals surface area contributed by atoms with Gasteiger partial charge in [0.1, 0.15) is 11.3 Å². The van der Waals surface area contributed by atoms with E-state index in [1.165, 1.54) is 4.57 Å². The Balaban J connectivity index is 1.65. The molecule has 0 aliphatic rings. The monoisotopic (exact) mass is 419 g/mol. The molecule has 4 rings (SSSR count). The van der Waals surface area contributed by atoms with Crippen LogP contribution in [0.15, 0.2) is 71.1 Å². The highest BCUT2D eigenvalue weighted by Gasteiger charge is 2.25. The van der Waals surface area contributed by atoms with E-state index in [0.29, 0.717) is 17.4 Å². The molecule has 0 bridgehead atoms. The SMILES string of the molecule is Cn1c(=O)c(C(=O)C[C@H](NCc2ccncc2)c2cccs2)c(O)c2ccccc21. The van der Waals surface area contributed by atoms with Gasteiger partial charge >= 0.3 is 0 Å². The van der Waals surface area contributed by atoms with Gasteiger partial charge in [-0.05, 0) is 41.3 Å². The number of fused-ring (bicyclic) bond motifs is 1. The molecular formula is C23H21N3O3S. The Morgan fingerprint density at radius 2 is 1.93 bits per heavy atom. The van der Waals surface area contributed by atoms with Crippen LogP contribution in [-0.2, 0) is 13.6 Å². The number of hydrogen-bond donors (Lipinski definition) is 2. The third-order valence-corrected chi connectivity index (χ3v) is 6.12. The molecule has 0 aliphatic carbocycles. The zero-order valence-electron chi connectivity index (χ0n) is 16.4. The molecule has 0 saturated heterocycles. The number of aryl methyl sites for hydroxylation is 1. The number of nitrogens with one attached hydrogen (secondary N) is 1. The fraction of sp³-hybridized carbons (Fsp3) is 0.174. The molecule has 0 radical (unpaired) electrons. The molecule has 3 heterocycles. The van der Waals surface area contributed by atoms with E-state index in [2.05, 4.69) is 10.3 Å². The van der Waals surface area contributed by atoms with Crippen LogP contribution in [0, 0.1) is 0 Å². The minimum Gasteiger partial charge on any atom is -0.506 e. The highest BCUT2D eigenvalue weighted by molar-refractivity contribution is 7.10. The number of hydrogen-bond acceptors (Lipinski definition) is 6. The van der Waals surface area contributed by atoms with E-state index in [-0.39, 0.29) is 29.6 Å². The third kappa shape index (κ3) is 3.90. The fourth-order valence-corrected chi connectivity index (χ4v) is 4.33. The summed E-state index contributed by atoms with van der Waals surface area (Å²) in [5.74, 6) is -0.641. The largest absolute Gasteiger partial charge is 0.506 e. The summed E-state index contributed by atoms with van der Waals surface area (Å²) < 4.78 is 1.41. The summed E-state index contributed by atoms with van der Waals surface area (Å²) in [5.41, 5.74) is 0.976. The van der Waals surface area contributed by atoms with Gasteiger partial charge in [0.2, 0.25) is 0 Å². The molecule has 2 N–H and O–H groups in total. The molecule has 0 aliphatic heterocycles. The average Bonchev–Trinajstić information content (AvgIpc) is 3.31. The average molecular weight is 420 g/mol. The minimum absolute atomic E-state index is 0.0622. The summed E-state index contributed by atoms with van der Waals surface area (Å²) in [7, 11) is 1.61. The topological polar surface area (TPSA) is 84.2 Å². The number of aromatic nitrogens is 2. The number of Topliss-reactive ketones (excluding diaryl/α,β-unsaturated/α-hetero) is 1. The van der Waals surface area contributed by atoms with E-state index in [9.17, 15) is 14.7 Å². The lowest BCUT2D eigenvalue weighted by molar-refractivity contribution is 0.0964. The number of rotatable bonds is 7. The number of aromatic hydroxyl groups is 1. The highest BCUT2D eigenvalue weighted by Crippen LogP contribution is 2.29. The van der Waals surface area contributed by atoms with Gasteiger partial charge in [-0.15, -0.1) is 11.3 Å². The van der Waals surface area contributed by atoms with Gasteiger partial charge in [0.15, 0.2) is 5.78 Å². The van der Waals surface area contributed by atoms with Gasteiger partial charge in [0.25, 0.3) is 5.56 Å². The molecule has 4 aromatic rings. The van der Waals surface area contributed by atoms with Crippen molar-refractivity contribution >= 4 is 28.0 Å². The highest BCUT2D eigenvalue weighted by atomic mass is 32.1. The predicted molar refractivity (Wildman–Crippen MR) is 118 cm³/mol. The summed E-state index contributed by atoms with van der Waals surface area (Å²) in [4.78, 5) is 31.0. The smallest absolute Gasteiger partial charge is 0.265 e. The second-order valence-electron chi connectivity index (χ2n) is 7.04.